The van der Waals surface area contributed by atoms with Crippen LogP contribution in [0.1, 0.15) is 5.56 Å². The lowest BCUT2D eigenvalue weighted by Gasteiger charge is -2.37. The zero-order valence-electron chi connectivity index (χ0n) is 16.2. The fraction of sp³-hybridized carbons (Fsp3) is 0.350. The first-order chi connectivity index (χ1) is 13.5. The number of likely N-dealkylation sites (tertiary alicyclic amines) is 1. The van der Waals surface area contributed by atoms with Gasteiger partial charge in [-0.2, -0.15) is 0 Å². The van der Waals surface area contributed by atoms with Gasteiger partial charge >= 0.3 is 0 Å². The standard InChI is InChI=1S/C20H23N5O3/c1-24-9-15(19-14(20(24)26)6-22-11-23-19)12-4-17(27-2)16(18(5-12)28-3)10-25-7-13(21)8-25/h4-6,9,11,13H,7-8,10,21H2,1-3H3. The average Bonchev–Trinajstić information content (AvgIpc) is 2.69. The first kappa shape index (κ1) is 18.4. The highest BCUT2D eigenvalue weighted by Crippen LogP contribution is 2.37. The molecular weight excluding hydrogens is 358 g/mol. The number of nitrogens with two attached hydrogens (primary N) is 1. The smallest absolute Gasteiger partial charge is 0.261 e. The fourth-order valence-electron chi connectivity index (χ4n) is 3.67. The average molecular weight is 381 g/mol. The van der Waals surface area contributed by atoms with Gasteiger partial charge in [-0.1, -0.05) is 0 Å². The van der Waals surface area contributed by atoms with E-state index in [0.717, 1.165) is 41.3 Å². The first-order valence-corrected chi connectivity index (χ1v) is 9.04. The van der Waals surface area contributed by atoms with Crippen LogP contribution in [0.25, 0.3) is 22.0 Å². The largest absolute Gasteiger partial charge is 0.496 e. The molecule has 0 amide bonds. The van der Waals surface area contributed by atoms with Gasteiger partial charge in [0.15, 0.2) is 0 Å². The molecule has 8 heteroatoms. The molecule has 0 bridgehead atoms. The van der Waals surface area contributed by atoms with Crippen molar-refractivity contribution in [3.05, 3.63) is 46.8 Å². The van der Waals surface area contributed by atoms with Gasteiger partial charge in [-0.25, -0.2) is 9.97 Å². The summed E-state index contributed by atoms with van der Waals surface area (Å²) in [5, 5.41) is 0.471. The summed E-state index contributed by atoms with van der Waals surface area (Å²) in [6.07, 6.45) is 4.77. The lowest BCUT2D eigenvalue weighted by Crippen LogP contribution is -2.54. The summed E-state index contributed by atoms with van der Waals surface area (Å²) in [7, 11) is 5.00. The Kier molecular flexibility index (Phi) is 4.74. The number of fused-ring (bicyclic) bond motifs is 1. The number of aromatic nitrogens is 3. The van der Waals surface area contributed by atoms with Gasteiger partial charge in [0.25, 0.3) is 5.56 Å². The van der Waals surface area contributed by atoms with E-state index in [1.54, 1.807) is 33.7 Å². The molecule has 1 fully saturated rings. The molecule has 2 aromatic heterocycles. The van der Waals surface area contributed by atoms with Gasteiger partial charge in [-0.3, -0.25) is 9.69 Å². The van der Waals surface area contributed by atoms with Crippen molar-refractivity contribution in [2.24, 2.45) is 12.8 Å². The third-order valence-electron chi connectivity index (χ3n) is 5.13. The summed E-state index contributed by atoms with van der Waals surface area (Å²) < 4.78 is 12.9. The predicted molar refractivity (Wildman–Crippen MR) is 107 cm³/mol. The van der Waals surface area contributed by atoms with Crippen LogP contribution in [0.5, 0.6) is 11.5 Å². The molecule has 1 aliphatic heterocycles. The van der Waals surface area contributed by atoms with Crippen molar-refractivity contribution in [3.8, 4) is 22.6 Å². The lowest BCUT2D eigenvalue weighted by molar-refractivity contribution is 0.139. The maximum atomic E-state index is 12.4. The van der Waals surface area contributed by atoms with E-state index in [2.05, 4.69) is 14.9 Å². The number of pyridine rings is 1. The monoisotopic (exact) mass is 381 g/mol. The predicted octanol–water partition coefficient (Wildman–Crippen LogP) is 1.16. The van der Waals surface area contributed by atoms with Crippen LogP contribution in [-0.2, 0) is 13.6 Å². The van der Waals surface area contributed by atoms with E-state index in [-0.39, 0.29) is 11.6 Å². The van der Waals surface area contributed by atoms with Crippen LogP contribution in [0.2, 0.25) is 0 Å². The molecule has 2 N–H and O–H groups in total. The molecule has 28 heavy (non-hydrogen) atoms. The van der Waals surface area contributed by atoms with E-state index in [0.29, 0.717) is 17.4 Å². The van der Waals surface area contributed by atoms with E-state index in [1.807, 2.05) is 12.1 Å². The number of methoxy groups -OCH3 is 2. The summed E-state index contributed by atoms with van der Waals surface area (Å²) in [5.74, 6) is 1.46. The molecule has 8 nitrogen and oxygen atoms in total. The van der Waals surface area contributed by atoms with Crippen molar-refractivity contribution in [2.75, 3.05) is 27.3 Å². The highest BCUT2D eigenvalue weighted by molar-refractivity contribution is 5.92. The Morgan fingerprint density at radius 3 is 2.50 bits per heavy atom. The van der Waals surface area contributed by atoms with Crippen LogP contribution in [0, 0.1) is 0 Å². The molecular formula is C20H23N5O3. The zero-order valence-corrected chi connectivity index (χ0v) is 16.2. The Morgan fingerprint density at radius 1 is 1.21 bits per heavy atom. The molecule has 1 aromatic carbocycles. The van der Waals surface area contributed by atoms with E-state index in [4.69, 9.17) is 15.2 Å². The van der Waals surface area contributed by atoms with Crippen LogP contribution >= 0.6 is 0 Å². The van der Waals surface area contributed by atoms with Crippen molar-refractivity contribution in [3.63, 3.8) is 0 Å². The molecule has 3 heterocycles. The maximum Gasteiger partial charge on any atom is 0.261 e. The Balaban J connectivity index is 1.86. The molecule has 4 rings (SSSR count). The molecule has 146 valence electrons. The molecule has 0 spiro atoms. The lowest BCUT2D eigenvalue weighted by atomic mass is 10.00. The Morgan fingerprint density at radius 2 is 1.89 bits per heavy atom. The van der Waals surface area contributed by atoms with E-state index >= 15 is 0 Å². The van der Waals surface area contributed by atoms with Gasteiger partial charge in [-0.05, 0) is 17.7 Å². The Hall–Kier alpha value is -2.97. The molecule has 0 saturated carbocycles. The number of ether oxygens (including phenoxy) is 2. The molecule has 0 aliphatic carbocycles. The molecule has 0 radical (unpaired) electrons. The van der Waals surface area contributed by atoms with Crippen LogP contribution in [0.3, 0.4) is 0 Å². The summed E-state index contributed by atoms with van der Waals surface area (Å²) >= 11 is 0. The fourth-order valence-corrected chi connectivity index (χ4v) is 3.67. The number of rotatable bonds is 5. The second-order valence-electron chi connectivity index (χ2n) is 7.06. The Labute approximate surface area is 162 Å². The summed E-state index contributed by atoms with van der Waals surface area (Å²) in [5.41, 5.74) is 9.01. The van der Waals surface area contributed by atoms with Gasteiger partial charge in [0, 0.05) is 50.7 Å². The van der Waals surface area contributed by atoms with Crippen molar-refractivity contribution in [1.29, 1.82) is 0 Å². The SMILES string of the molecule is COc1cc(-c2cn(C)c(=O)c3cncnc23)cc(OC)c1CN1CC(N)C1. The summed E-state index contributed by atoms with van der Waals surface area (Å²) in [6, 6.07) is 4.14. The molecule has 0 atom stereocenters. The van der Waals surface area contributed by atoms with Crippen molar-refractivity contribution >= 4 is 10.9 Å². The van der Waals surface area contributed by atoms with Crippen molar-refractivity contribution in [1.82, 2.24) is 19.4 Å². The molecule has 0 unspecified atom stereocenters. The van der Waals surface area contributed by atoms with Crippen molar-refractivity contribution in [2.45, 2.75) is 12.6 Å². The van der Waals surface area contributed by atoms with Crippen LogP contribution in [-0.4, -0.2) is 52.8 Å². The topological polar surface area (TPSA) is 95.5 Å². The minimum atomic E-state index is -0.135. The third kappa shape index (κ3) is 3.10. The van der Waals surface area contributed by atoms with Crippen LogP contribution in [0.4, 0.5) is 0 Å². The second-order valence-corrected chi connectivity index (χ2v) is 7.06. The third-order valence-corrected chi connectivity index (χ3v) is 5.13. The van der Waals surface area contributed by atoms with E-state index < -0.39 is 0 Å². The molecule has 3 aromatic rings. The first-order valence-electron chi connectivity index (χ1n) is 9.04. The minimum Gasteiger partial charge on any atom is -0.496 e. The van der Waals surface area contributed by atoms with Gasteiger partial charge in [0.1, 0.15) is 17.8 Å². The summed E-state index contributed by atoms with van der Waals surface area (Å²) in [4.78, 5) is 23.0. The van der Waals surface area contributed by atoms with E-state index in [9.17, 15) is 4.79 Å². The van der Waals surface area contributed by atoms with Gasteiger partial charge < -0.3 is 19.8 Å². The number of benzene rings is 1. The normalized spacial score (nSPS) is 14.9. The number of hydrogen-bond donors (Lipinski definition) is 1. The Bertz CT molecular complexity index is 1060. The highest BCUT2D eigenvalue weighted by atomic mass is 16.5. The van der Waals surface area contributed by atoms with Crippen molar-refractivity contribution < 1.29 is 9.47 Å². The number of aryl methyl sites for hydroxylation is 1. The van der Waals surface area contributed by atoms with Gasteiger partial charge in [0.05, 0.1) is 30.7 Å². The molecule has 1 saturated heterocycles. The number of hydrogen-bond acceptors (Lipinski definition) is 7. The molecule has 1 aliphatic rings. The minimum absolute atomic E-state index is 0.135. The quantitative estimate of drug-likeness (QED) is 0.708. The zero-order chi connectivity index (χ0) is 19.8. The summed E-state index contributed by atoms with van der Waals surface area (Å²) in [6.45, 7) is 2.42. The number of nitrogens with zero attached hydrogens (tertiary/aromatic N) is 4. The van der Waals surface area contributed by atoms with Crippen LogP contribution in [0.15, 0.2) is 35.6 Å². The second kappa shape index (κ2) is 7.21. The highest BCUT2D eigenvalue weighted by Gasteiger charge is 2.26. The van der Waals surface area contributed by atoms with Gasteiger partial charge in [-0.15, -0.1) is 0 Å². The maximum absolute atomic E-state index is 12.4. The van der Waals surface area contributed by atoms with E-state index in [1.165, 1.54) is 10.9 Å². The van der Waals surface area contributed by atoms with Gasteiger partial charge in [0.2, 0.25) is 0 Å². The van der Waals surface area contributed by atoms with Crippen LogP contribution < -0.4 is 20.8 Å².